The molecule has 0 amide bonds. The van der Waals surface area contributed by atoms with Crippen molar-refractivity contribution in [2.45, 2.75) is 32.1 Å². The number of fused-ring (bicyclic) bond motifs is 1. The van der Waals surface area contributed by atoms with E-state index in [1.807, 2.05) is 11.3 Å². The molecule has 0 radical (unpaired) electrons. The van der Waals surface area contributed by atoms with E-state index in [0.717, 1.165) is 19.5 Å². The Balaban J connectivity index is 1.84. The molecule has 0 spiro atoms. The van der Waals surface area contributed by atoms with Crippen LogP contribution in [0.1, 0.15) is 41.3 Å². The number of nitrogens with one attached hydrogen (secondary N) is 1. The molecule has 0 saturated carbocycles. The lowest BCUT2D eigenvalue weighted by Crippen LogP contribution is -2.26. The van der Waals surface area contributed by atoms with Crippen molar-refractivity contribution in [1.82, 2.24) is 10.3 Å². The highest BCUT2D eigenvalue weighted by Gasteiger charge is 2.22. The maximum absolute atomic E-state index is 4.86. The van der Waals surface area contributed by atoms with E-state index in [1.54, 1.807) is 0 Å². The second-order valence-electron chi connectivity index (χ2n) is 4.93. The van der Waals surface area contributed by atoms with Gasteiger partial charge in [-0.1, -0.05) is 13.0 Å². The predicted octanol–water partition coefficient (Wildman–Crippen LogP) is 2.82. The van der Waals surface area contributed by atoms with Crippen LogP contribution in [0.4, 0.5) is 0 Å². The lowest BCUT2D eigenvalue weighted by Gasteiger charge is -2.20. The molecule has 1 aliphatic heterocycles. The molecule has 16 heavy (non-hydrogen) atoms. The average Bonchev–Trinajstić information content (AvgIpc) is 2.73. The monoisotopic (exact) mass is 234 g/mol. The number of hydrogen-bond acceptors (Lipinski definition) is 3. The Kier molecular flexibility index (Phi) is 2.82. The summed E-state index contributed by atoms with van der Waals surface area (Å²) in [6, 6.07) is 0. The molecule has 1 aromatic rings. The quantitative estimate of drug-likeness (QED) is 0.808. The smallest absolute Gasteiger partial charge is 0.0966 e. The SMILES string of the molecule is CC1C=Cc2sc(C3CCNCC3)nc2C1. The van der Waals surface area contributed by atoms with E-state index in [1.165, 1.54) is 28.4 Å². The van der Waals surface area contributed by atoms with Gasteiger partial charge in [-0.15, -0.1) is 11.3 Å². The molecule has 1 saturated heterocycles. The topological polar surface area (TPSA) is 24.9 Å². The molecule has 0 aromatic carbocycles. The van der Waals surface area contributed by atoms with Gasteiger partial charge in [-0.25, -0.2) is 4.98 Å². The molecule has 1 N–H and O–H groups in total. The molecule has 2 nitrogen and oxygen atoms in total. The first-order valence-electron chi connectivity index (χ1n) is 6.21. The third kappa shape index (κ3) is 1.94. The van der Waals surface area contributed by atoms with Crippen molar-refractivity contribution >= 4 is 17.4 Å². The summed E-state index contributed by atoms with van der Waals surface area (Å²) in [6.07, 6.45) is 8.23. The maximum atomic E-state index is 4.86. The molecule has 3 heteroatoms. The fourth-order valence-electron chi connectivity index (χ4n) is 2.53. The molecule has 1 aromatic heterocycles. The summed E-state index contributed by atoms with van der Waals surface area (Å²) in [7, 11) is 0. The van der Waals surface area contributed by atoms with E-state index in [4.69, 9.17) is 4.98 Å². The molecule has 86 valence electrons. The van der Waals surface area contributed by atoms with Gasteiger partial charge in [-0.3, -0.25) is 0 Å². The number of piperidine rings is 1. The number of thiazole rings is 1. The summed E-state index contributed by atoms with van der Waals surface area (Å²) < 4.78 is 0. The van der Waals surface area contributed by atoms with Gasteiger partial charge in [0.05, 0.1) is 15.6 Å². The third-order valence-corrected chi connectivity index (χ3v) is 4.75. The molecule has 2 aliphatic rings. The molecule has 0 bridgehead atoms. The van der Waals surface area contributed by atoms with Crippen LogP contribution in [0.5, 0.6) is 0 Å². The minimum Gasteiger partial charge on any atom is -0.317 e. The van der Waals surface area contributed by atoms with Gasteiger partial charge in [0.15, 0.2) is 0 Å². The van der Waals surface area contributed by atoms with Crippen molar-refractivity contribution in [3.05, 3.63) is 21.7 Å². The zero-order valence-electron chi connectivity index (χ0n) is 9.70. The van der Waals surface area contributed by atoms with Gasteiger partial charge in [-0.05, 0) is 44.3 Å². The summed E-state index contributed by atoms with van der Waals surface area (Å²) in [5, 5.41) is 4.80. The largest absolute Gasteiger partial charge is 0.317 e. The molecule has 1 atom stereocenters. The van der Waals surface area contributed by atoms with Crippen molar-refractivity contribution in [3.8, 4) is 0 Å². The first-order chi connectivity index (χ1) is 7.83. The Labute approximate surface area is 101 Å². The van der Waals surface area contributed by atoms with Crippen LogP contribution in [0.3, 0.4) is 0 Å². The van der Waals surface area contributed by atoms with Gasteiger partial charge in [0.25, 0.3) is 0 Å². The van der Waals surface area contributed by atoms with Gasteiger partial charge in [0.2, 0.25) is 0 Å². The Morgan fingerprint density at radius 2 is 2.19 bits per heavy atom. The second kappa shape index (κ2) is 4.30. The number of hydrogen-bond donors (Lipinski definition) is 1. The van der Waals surface area contributed by atoms with Crippen molar-refractivity contribution < 1.29 is 0 Å². The Bertz CT molecular complexity index is 402. The van der Waals surface area contributed by atoms with Crippen LogP contribution < -0.4 is 5.32 Å². The Morgan fingerprint density at radius 1 is 1.38 bits per heavy atom. The molecule has 1 unspecified atom stereocenters. The van der Waals surface area contributed by atoms with Crippen molar-refractivity contribution in [1.29, 1.82) is 0 Å². The molecule has 1 aliphatic carbocycles. The zero-order valence-corrected chi connectivity index (χ0v) is 10.5. The lowest BCUT2D eigenvalue weighted by molar-refractivity contribution is 0.458. The highest BCUT2D eigenvalue weighted by Crippen LogP contribution is 2.34. The van der Waals surface area contributed by atoms with Crippen LogP contribution in [-0.2, 0) is 6.42 Å². The number of rotatable bonds is 1. The minimum absolute atomic E-state index is 0.662. The Hall–Kier alpha value is -0.670. The fraction of sp³-hybridized carbons (Fsp3) is 0.615. The van der Waals surface area contributed by atoms with Crippen LogP contribution in [0, 0.1) is 5.92 Å². The standard InChI is InChI=1S/C13H18N2S/c1-9-2-3-12-11(8-9)15-13(16-12)10-4-6-14-7-5-10/h2-3,9-10,14H,4-8H2,1H3. The van der Waals surface area contributed by atoms with E-state index >= 15 is 0 Å². The van der Waals surface area contributed by atoms with Gasteiger partial charge < -0.3 is 5.32 Å². The van der Waals surface area contributed by atoms with Gasteiger partial charge in [-0.2, -0.15) is 0 Å². The highest BCUT2D eigenvalue weighted by molar-refractivity contribution is 7.12. The number of allylic oxidation sites excluding steroid dienone is 1. The zero-order chi connectivity index (χ0) is 11.0. The van der Waals surface area contributed by atoms with E-state index < -0.39 is 0 Å². The van der Waals surface area contributed by atoms with E-state index in [0.29, 0.717) is 11.8 Å². The van der Waals surface area contributed by atoms with Crippen LogP contribution in [-0.4, -0.2) is 18.1 Å². The molecular formula is C13H18N2S. The van der Waals surface area contributed by atoms with E-state index in [-0.39, 0.29) is 0 Å². The molecule has 3 rings (SSSR count). The number of aromatic nitrogens is 1. The average molecular weight is 234 g/mol. The third-order valence-electron chi connectivity index (χ3n) is 3.52. The normalized spacial score (nSPS) is 25.7. The molecule has 2 heterocycles. The minimum atomic E-state index is 0.662. The first kappa shape index (κ1) is 10.5. The fourth-order valence-corrected chi connectivity index (χ4v) is 3.70. The van der Waals surface area contributed by atoms with E-state index in [2.05, 4.69) is 24.4 Å². The summed E-state index contributed by atoms with van der Waals surface area (Å²) in [5.41, 5.74) is 1.34. The maximum Gasteiger partial charge on any atom is 0.0966 e. The lowest BCUT2D eigenvalue weighted by atomic mass is 9.98. The van der Waals surface area contributed by atoms with Gasteiger partial charge in [0, 0.05) is 5.92 Å². The van der Waals surface area contributed by atoms with Crippen molar-refractivity contribution in [2.24, 2.45) is 5.92 Å². The van der Waals surface area contributed by atoms with Crippen LogP contribution >= 0.6 is 11.3 Å². The first-order valence-corrected chi connectivity index (χ1v) is 7.03. The van der Waals surface area contributed by atoms with Crippen LogP contribution in [0.2, 0.25) is 0 Å². The Morgan fingerprint density at radius 3 is 3.00 bits per heavy atom. The summed E-state index contributed by atoms with van der Waals surface area (Å²) in [4.78, 5) is 6.27. The molecule has 1 fully saturated rings. The molecular weight excluding hydrogens is 216 g/mol. The highest BCUT2D eigenvalue weighted by atomic mass is 32.1. The van der Waals surface area contributed by atoms with Gasteiger partial charge >= 0.3 is 0 Å². The van der Waals surface area contributed by atoms with E-state index in [9.17, 15) is 0 Å². The second-order valence-corrected chi connectivity index (χ2v) is 5.99. The summed E-state index contributed by atoms with van der Waals surface area (Å²) in [6.45, 7) is 4.57. The summed E-state index contributed by atoms with van der Waals surface area (Å²) in [5.74, 6) is 1.37. The number of nitrogens with zero attached hydrogens (tertiary/aromatic N) is 1. The summed E-state index contributed by atoms with van der Waals surface area (Å²) >= 11 is 1.92. The predicted molar refractivity (Wildman–Crippen MR) is 68.9 cm³/mol. The van der Waals surface area contributed by atoms with Gasteiger partial charge in [0.1, 0.15) is 0 Å². The van der Waals surface area contributed by atoms with Crippen LogP contribution in [0.15, 0.2) is 6.08 Å². The van der Waals surface area contributed by atoms with Crippen molar-refractivity contribution in [2.75, 3.05) is 13.1 Å². The van der Waals surface area contributed by atoms with Crippen molar-refractivity contribution in [3.63, 3.8) is 0 Å². The van der Waals surface area contributed by atoms with Crippen LogP contribution in [0.25, 0.3) is 6.08 Å².